The normalized spacial score (nSPS) is 9.90. The predicted molar refractivity (Wildman–Crippen MR) is 84.1 cm³/mol. The smallest absolute Gasteiger partial charge is 0.264 e. The molecule has 0 bridgehead atoms. The van der Waals surface area contributed by atoms with Crippen molar-refractivity contribution in [3.8, 4) is 11.5 Å². The lowest BCUT2D eigenvalue weighted by atomic mass is 10.2. The van der Waals surface area contributed by atoms with E-state index >= 15 is 0 Å². The Kier molecular flexibility index (Phi) is 4.96. The van der Waals surface area contributed by atoms with E-state index in [4.69, 9.17) is 21.7 Å². The van der Waals surface area contributed by atoms with Gasteiger partial charge in [-0.15, -0.1) is 0 Å². The first kappa shape index (κ1) is 14.3. The van der Waals surface area contributed by atoms with Crippen LogP contribution in [0.5, 0.6) is 11.5 Å². The molecular formula is C16H17NO2S. The first-order chi connectivity index (χ1) is 9.65. The highest BCUT2D eigenvalue weighted by atomic mass is 32.1. The number of hydrogen-bond donors (Lipinski definition) is 0. The van der Waals surface area contributed by atoms with Crippen LogP contribution < -0.4 is 9.47 Å². The Morgan fingerprint density at radius 1 is 1.00 bits per heavy atom. The number of nitrogens with zero attached hydrogens (tertiary/aromatic N) is 1. The quantitative estimate of drug-likeness (QED) is 0.802. The summed E-state index contributed by atoms with van der Waals surface area (Å²) in [5.41, 5.74) is 1.13. The molecule has 0 aromatic heterocycles. The van der Waals surface area contributed by atoms with Gasteiger partial charge in [0.2, 0.25) is 0 Å². The van der Waals surface area contributed by atoms with E-state index in [-0.39, 0.29) is 0 Å². The van der Waals surface area contributed by atoms with Crippen LogP contribution in [0.15, 0.2) is 54.6 Å². The molecule has 0 spiro atoms. The number of benzene rings is 2. The van der Waals surface area contributed by atoms with Crippen LogP contribution in [0.25, 0.3) is 0 Å². The summed E-state index contributed by atoms with van der Waals surface area (Å²) in [6.45, 7) is 0.530. The van der Waals surface area contributed by atoms with Crippen molar-refractivity contribution in [3.63, 3.8) is 0 Å². The highest BCUT2D eigenvalue weighted by Crippen LogP contribution is 2.21. The van der Waals surface area contributed by atoms with Crippen molar-refractivity contribution in [2.75, 3.05) is 14.1 Å². The molecule has 20 heavy (non-hydrogen) atoms. The third kappa shape index (κ3) is 4.24. The van der Waals surface area contributed by atoms with E-state index in [1.165, 1.54) is 0 Å². The highest BCUT2D eigenvalue weighted by molar-refractivity contribution is 7.80. The van der Waals surface area contributed by atoms with E-state index in [0.717, 1.165) is 11.3 Å². The summed E-state index contributed by atoms with van der Waals surface area (Å²) in [6, 6.07) is 17.5. The molecule has 0 heterocycles. The van der Waals surface area contributed by atoms with Gasteiger partial charge in [-0.25, -0.2) is 0 Å². The molecule has 2 aromatic rings. The lowest BCUT2D eigenvalue weighted by Gasteiger charge is -2.14. The third-order valence-electron chi connectivity index (χ3n) is 2.62. The summed E-state index contributed by atoms with van der Waals surface area (Å²) in [5, 5.41) is 0.421. The molecule has 3 nitrogen and oxygen atoms in total. The summed E-state index contributed by atoms with van der Waals surface area (Å²) in [4.78, 5) is 1.74. The van der Waals surface area contributed by atoms with Crippen LogP contribution in [0.2, 0.25) is 0 Å². The van der Waals surface area contributed by atoms with Crippen LogP contribution >= 0.6 is 12.2 Å². The van der Waals surface area contributed by atoms with Crippen LogP contribution in [0.1, 0.15) is 5.56 Å². The SMILES string of the molecule is CN(C)C(=S)Oc1cccc(OCc2ccccc2)c1. The molecule has 0 fully saturated rings. The summed E-state index contributed by atoms with van der Waals surface area (Å²) < 4.78 is 11.3. The molecule has 0 radical (unpaired) electrons. The van der Waals surface area contributed by atoms with Crippen molar-refractivity contribution in [1.82, 2.24) is 4.90 Å². The van der Waals surface area contributed by atoms with Crippen LogP contribution in [0, 0.1) is 0 Å². The number of ether oxygens (including phenoxy) is 2. The van der Waals surface area contributed by atoms with Crippen molar-refractivity contribution in [3.05, 3.63) is 60.2 Å². The Bertz CT molecular complexity index is 570. The summed E-state index contributed by atoms with van der Waals surface area (Å²) >= 11 is 5.11. The number of thiocarbonyl (C=S) groups is 1. The van der Waals surface area contributed by atoms with E-state index in [0.29, 0.717) is 17.5 Å². The zero-order valence-corrected chi connectivity index (χ0v) is 12.4. The molecule has 2 aromatic carbocycles. The van der Waals surface area contributed by atoms with Gasteiger partial charge in [0.15, 0.2) is 0 Å². The van der Waals surface area contributed by atoms with Gasteiger partial charge in [-0.05, 0) is 29.9 Å². The maximum atomic E-state index is 5.74. The van der Waals surface area contributed by atoms with Gasteiger partial charge in [0.05, 0.1) is 0 Å². The zero-order chi connectivity index (χ0) is 14.4. The summed E-state index contributed by atoms with van der Waals surface area (Å²) in [7, 11) is 3.69. The van der Waals surface area contributed by atoms with Crippen molar-refractivity contribution < 1.29 is 9.47 Å². The molecule has 2 rings (SSSR count). The standard InChI is InChI=1S/C16H17NO2S/c1-17(2)16(20)19-15-10-6-9-14(11-15)18-12-13-7-4-3-5-8-13/h3-11H,12H2,1-2H3. The van der Waals surface area contributed by atoms with Gasteiger partial charge >= 0.3 is 0 Å². The summed E-state index contributed by atoms with van der Waals surface area (Å²) in [6.07, 6.45) is 0. The maximum absolute atomic E-state index is 5.74. The molecule has 4 heteroatoms. The van der Waals surface area contributed by atoms with E-state index in [2.05, 4.69) is 0 Å². The fourth-order valence-corrected chi connectivity index (χ4v) is 1.66. The minimum atomic E-state index is 0.421. The Morgan fingerprint density at radius 3 is 2.40 bits per heavy atom. The highest BCUT2D eigenvalue weighted by Gasteiger charge is 2.04. The second-order valence-corrected chi connectivity index (χ2v) is 4.86. The molecule has 0 saturated heterocycles. The number of hydrogen-bond acceptors (Lipinski definition) is 3. The second-order valence-electron chi connectivity index (χ2n) is 4.51. The Labute approximate surface area is 124 Å². The molecule has 0 unspecified atom stereocenters. The van der Waals surface area contributed by atoms with Gasteiger partial charge in [0.25, 0.3) is 5.17 Å². The Balaban J connectivity index is 1.97. The van der Waals surface area contributed by atoms with E-state index in [1.807, 2.05) is 68.7 Å². The zero-order valence-electron chi connectivity index (χ0n) is 11.6. The maximum Gasteiger partial charge on any atom is 0.264 e. The average molecular weight is 287 g/mol. The molecule has 0 aliphatic carbocycles. The lowest BCUT2D eigenvalue weighted by Crippen LogP contribution is -2.24. The van der Waals surface area contributed by atoms with E-state index < -0.39 is 0 Å². The molecule has 0 atom stereocenters. The fourth-order valence-electron chi connectivity index (χ4n) is 1.56. The van der Waals surface area contributed by atoms with Crippen LogP contribution in [-0.2, 0) is 6.61 Å². The van der Waals surface area contributed by atoms with Crippen molar-refractivity contribution >= 4 is 17.4 Å². The minimum absolute atomic E-state index is 0.421. The fraction of sp³-hybridized carbons (Fsp3) is 0.188. The predicted octanol–water partition coefficient (Wildman–Crippen LogP) is 3.49. The topological polar surface area (TPSA) is 21.7 Å². The molecular weight excluding hydrogens is 270 g/mol. The molecule has 0 saturated carbocycles. The molecule has 0 aliphatic rings. The number of rotatable bonds is 4. The molecule has 0 amide bonds. The average Bonchev–Trinajstić information content (AvgIpc) is 2.46. The lowest BCUT2D eigenvalue weighted by molar-refractivity contribution is 0.305. The first-order valence-electron chi connectivity index (χ1n) is 6.31. The van der Waals surface area contributed by atoms with Crippen LogP contribution in [0.4, 0.5) is 0 Å². The molecule has 104 valence electrons. The molecule has 0 aliphatic heterocycles. The van der Waals surface area contributed by atoms with Crippen molar-refractivity contribution in [1.29, 1.82) is 0 Å². The van der Waals surface area contributed by atoms with Crippen molar-refractivity contribution in [2.24, 2.45) is 0 Å². The molecule has 0 N–H and O–H groups in total. The van der Waals surface area contributed by atoms with Gasteiger partial charge < -0.3 is 14.4 Å². The second kappa shape index (κ2) is 6.91. The largest absolute Gasteiger partial charge is 0.489 e. The monoisotopic (exact) mass is 287 g/mol. The third-order valence-corrected chi connectivity index (χ3v) is 3.07. The van der Waals surface area contributed by atoms with E-state index in [1.54, 1.807) is 4.90 Å². The van der Waals surface area contributed by atoms with Gasteiger partial charge in [-0.1, -0.05) is 36.4 Å². The van der Waals surface area contributed by atoms with Crippen LogP contribution in [0.3, 0.4) is 0 Å². The van der Waals surface area contributed by atoms with Gasteiger partial charge in [0.1, 0.15) is 18.1 Å². The Morgan fingerprint density at radius 2 is 1.70 bits per heavy atom. The first-order valence-corrected chi connectivity index (χ1v) is 6.72. The van der Waals surface area contributed by atoms with Gasteiger partial charge in [-0.3, -0.25) is 0 Å². The summed E-state index contributed by atoms with van der Waals surface area (Å²) in [5.74, 6) is 1.43. The van der Waals surface area contributed by atoms with Gasteiger partial charge in [-0.2, -0.15) is 0 Å². The van der Waals surface area contributed by atoms with E-state index in [9.17, 15) is 0 Å². The van der Waals surface area contributed by atoms with Crippen molar-refractivity contribution in [2.45, 2.75) is 6.61 Å². The Hall–Kier alpha value is -2.07. The van der Waals surface area contributed by atoms with Crippen LogP contribution in [-0.4, -0.2) is 24.2 Å². The van der Waals surface area contributed by atoms with Gasteiger partial charge in [0, 0.05) is 20.2 Å². The minimum Gasteiger partial charge on any atom is -0.489 e.